The van der Waals surface area contributed by atoms with Gasteiger partial charge in [-0.05, 0) is 49.2 Å². The fourth-order valence-corrected chi connectivity index (χ4v) is 3.45. The average molecular weight is 509 g/mol. The lowest BCUT2D eigenvalue weighted by molar-refractivity contribution is -0.310. The van der Waals surface area contributed by atoms with Crippen LogP contribution in [0.4, 0.5) is 0 Å². The molecule has 0 aliphatic carbocycles. The maximum atomic E-state index is 10.0. The maximum absolute atomic E-state index is 10.0. The normalized spacial score (nSPS) is 15.9. The minimum absolute atomic E-state index is 0.0978. The Kier molecular flexibility index (Phi) is 10.9. The zero-order chi connectivity index (χ0) is 27.6. The average Bonchev–Trinajstić information content (AvgIpc) is 3.78. The van der Waals surface area contributed by atoms with Crippen LogP contribution in [0.2, 0.25) is 0 Å². The Morgan fingerprint density at radius 2 is 1.05 bits per heavy atom. The van der Waals surface area contributed by atoms with Crippen LogP contribution in [-0.2, 0) is 15.0 Å². The summed E-state index contributed by atoms with van der Waals surface area (Å²) >= 11 is 0. The van der Waals surface area contributed by atoms with Gasteiger partial charge in [0.15, 0.2) is 0 Å². The van der Waals surface area contributed by atoms with Crippen molar-refractivity contribution in [3.63, 3.8) is 0 Å². The highest BCUT2D eigenvalue weighted by atomic mass is 16.5. The number of hydrogen-bond donors (Lipinski definition) is 0. The lowest BCUT2D eigenvalue weighted by Gasteiger charge is -2.26. The van der Waals surface area contributed by atoms with Crippen molar-refractivity contribution in [3.8, 4) is 11.5 Å². The molecule has 2 atom stereocenters. The summed E-state index contributed by atoms with van der Waals surface area (Å²) in [6.07, 6.45) is 2.86. The first-order valence-electron chi connectivity index (χ1n) is 12.2. The molecular formula is C29H36N2O6-2. The van der Waals surface area contributed by atoms with Gasteiger partial charge in [-0.15, -0.1) is 0 Å². The molecular weight excluding hydrogens is 472 g/mol. The number of nitrogens with zero attached hydrogens (tertiary/aromatic N) is 2. The van der Waals surface area contributed by atoms with E-state index in [0.717, 1.165) is 37.7 Å². The number of carbonyl (C=O) groups is 2. The fraction of sp³-hybridized carbons (Fsp3) is 0.379. The molecule has 8 nitrogen and oxygen atoms in total. The van der Waals surface area contributed by atoms with Gasteiger partial charge in [0.25, 0.3) is 0 Å². The van der Waals surface area contributed by atoms with E-state index in [0.29, 0.717) is 0 Å². The van der Waals surface area contributed by atoms with Crippen molar-refractivity contribution in [3.05, 3.63) is 85.3 Å². The van der Waals surface area contributed by atoms with E-state index >= 15 is 0 Å². The molecule has 0 aromatic heterocycles. The molecule has 0 radical (unpaired) electrons. The zero-order valence-electron chi connectivity index (χ0n) is 22.0. The van der Waals surface area contributed by atoms with Crippen molar-refractivity contribution in [2.24, 2.45) is 0 Å². The van der Waals surface area contributed by atoms with Gasteiger partial charge in [-0.25, -0.2) is 0 Å². The highest BCUT2D eigenvalue weighted by molar-refractivity contribution is 5.71. The number of carbonyl (C=O) groups excluding carboxylic acids is 2. The molecule has 0 N–H and O–H groups in total. The summed E-state index contributed by atoms with van der Waals surface area (Å²) in [5, 5.41) is 20.1. The third kappa shape index (κ3) is 9.40. The van der Waals surface area contributed by atoms with Crippen LogP contribution < -0.4 is 19.7 Å². The van der Waals surface area contributed by atoms with Crippen molar-refractivity contribution >= 4 is 11.9 Å². The van der Waals surface area contributed by atoms with Gasteiger partial charge in [0.2, 0.25) is 0 Å². The van der Waals surface area contributed by atoms with Crippen LogP contribution in [0.25, 0.3) is 0 Å². The number of ether oxygens (including phenoxy) is 2. The molecule has 37 heavy (non-hydrogen) atoms. The van der Waals surface area contributed by atoms with Crippen molar-refractivity contribution in [2.45, 2.75) is 45.2 Å². The lowest BCUT2D eigenvalue weighted by Crippen LogP contribution is -2.38. The molecule has 2 aromatic rings. The van der Waals surface area contributed by atoms with Crippen LogP contribution in [0.5, 0.6) is 11.5 Å². The molecule has 2 fully saturated rings. The number of aliphatic carboxylic acids is 2. The van der Waals surface area contributed by atoms with Crippen molar-refractivity contribution in [1.29, 1.82) is 0 Å². The van der Waals surface area contributed by atoms with Gasteiger partial charge in [-0.3, -0.25) is 9.80 Å². The Hall–Kier alpha value is -3.62. The number of hydrogen-bond acceptors (Lipinski definition) is 8. The topological polar surface area (TPSA) is 105 Å². The molecule has 2 aliphatic heterocycles. The summed E-state index contributed by atoms with van der Waals surface area (Å²) in [7, 11) is 0. The van der Waals surface area contributed by atoms with E-state index < -0.39 is 11.9 Å². The Bertz CT molecular complexity index is 958. The van der Waals surface area contributed by atoms with Gasteiger partial charge in [-0.2, -0.15) is 0 Å². The summed E-state index contributed by atoms with van der Waals surface area (Å²) in [4.78, 5) is 23.7. The van der Waals surface area contributed by atoms with Crippen molar-refractivity contribution in [2.75, 3.05) is 26.2 Å². The Balaban J connectivity index is 0.000000244. The third-order valence-corrected chi connectivity index (χ3v) is 6.33. The van der Waals surface area contributed by atoms with Gasteiger partial charge in [0, 0.05) is 43.7 Å². The van der Waals surface area contributed by atoms with Gasteiger partial charge >= 0.3 is 0 Å². The molecule has 2 aromatic carbocycles. The number of carboxylic acid groups (broad SMARTS) is 2. The van der Waals surface area contributed by atoms with Gasteiger partial charge < -0.3 is 29.3 Å². The number of rotatable bonds is 10. The highest BCUT2D eigenvalue weighted by Gasteiger charge is 2.25. The standard InChI is InChI=1S/C19H20O2.2C5H9NO2/c1-5-20-17-11-7-15(8-12-17)19(3,4)16-9-13-18(14-10-16)21-6-2;2*1-4(5(7)8)6-2-3-6/h5-14H,1-2H2,3-4H3;2*4H,2-3H2,1H3,(H,7,8)/p-2. The smallest absolute Gasteiger partial charge is 0.126 e. The summed E-state index contributed by atoms with van der Waals surface area (Å²) in [5.41, 5.74) is 2.34. The molecule has 0 saturated carbocycles. The van der Waals surface area contributed by atoms with Crippen molar-refractivity contribution in [1.82, 2.24) is 9.80 Å². The largest absolute Gasteiger partial charge is 0.548 e. The predicted octanol–water partition coefficient (Wildman–Crippen LogP) is 1.94. The fourth-order valence-electron chi connectivity index (χ4n) is 3.45. The van der Waals surface area contributed by atoms with Crippen LogP contribution in [0.3, 0.4) is 0 Å². The molecule has 2 unspecified atom stereocenters. The minimum Gasteiger partial charge on any atom is -0.548 e. The van der Waals surface area contributed by atoms with E-state index in [2.05, 4.69) is 51.3 Å². The van der Waals surface area contributed by atoms with E-state index in [1.54, 1.807) is 13.8 Å². The molecule has 2 aliphatic rings. The van der Waals surface area contributed by atoms with E-state index in [9.17, 15) is 19.8 Å². The van der Waals surface area contributed by atoms with Gasteiger partial charge in [-0.1, -0.05) is 51.3 Å². The quantitative estimate of drug-likeness (QED) is 0.354. The molecule has 0 spiro atoms. The summed E-state index contributed by atoms with van der Waals surface area (Å²) in [6, 6.07) is 15.4. The summed E-state index contributed by atoms with van der Waals surface area (Å²) < 4.78 is 10.5. The SMILES string of the molecule is C=COc1ccc(C(C)(C)c2ccc(OC=C)cc2)cc1.CC(C(=O)[O-])N1CC1.CC(C(=O)[O-])N1CC1. The Morgan fingerprint density at radius 3 is 1.24 bits per heavy atom. The second-order valence-corrected chi connectivity index (χ2v) is 9.30. The van der Waals surface area contributed by atoms with Crippen LogP contribution in [0, 0.1) is 0 Å². The monoisotopic (exact) mass is 508 g/mol. The summed E-state index contributed by atoms with van der Waals surface area (Å²) in [6.45, 7) is 18.4. The molecule has 4 rings (SSSR count). The van der Waals surface area contributed by atoms with E-state index in [1.165, 1.54) is 23.7 Å². The number of benzene rings is 2. The molecule has 2 saturated heterocycles. The second kappa shape index (κ2) is 13.6. The third-order valence-electron chi connectivity index (χ3n) is 6.33. The first-order chi connectivity index (χ1) is 17.5. The Labute approximate surface area is 219 Å². The minimum atomic E-state index is -0.970. The molecule has 8 heteroatoms. The Morgan fingerprint density at radius 1 is 0.757 bits per heavy atom. The van der Waals surface area contributed by atoms with Crippen LogP contribution in [-0.4, -0.2) is 60.0 Å². The van der Waals surface area contributed by atoms with Gasteiger partial charge in [0.05, 0.1) is 24.5 Å². The van der Waals surface area contributed by atoms with Crippen LogP contribution in [0.1, 0.15) is 38.8 Å². The molecule has 0 bridgehead atoms. The molecule has 2 heterocycles. The zero-order valence-corrected chi connectivity index (χ0v) is 22.0. The highest BCUT2D eigenvalue weighted by Crippen LogP contribution is 2.33. The van der Waals surface area contributed by atoms with Crippen molar-refractivity contribution < 1.29 is 29.3 Å². The van der Waals surface area contributed by atoms with Gasteiger partial charge in [0.1, 0.15) is 11.5 Å². The molecule has 200 valence electrons. The van der Waals surface area contributed by atoms with Crippen LogP contribution in [0.15, 0.2) is 74.2 Å². The lowest BCUT2D eigenvalue weighted by atomic mass is 9.78. The molecule has 0 amide bonds. The van der Waals surface area contributed by atoms with E-state index in [-0.39, 0.29) is 17.5 Å². The predicted molar refractivity (Wildman–Crippen MR) is 139 cm³/mol. The second-order valence-electron chi connectivity index (χ2n) is 9.30. The maximum Gasteiger partial charge on any atom is 0.126 e. The van der Waals surface area contributed by atoms with E-state index in [4.69, 9.17) is 9.47 Å². The first kappa shape index (κ1) is 29.6. The summed E-state index contributed by atoms with van der Waals surface area (Å²) in [5.74, 6) is -0.358. The van der Waals surface area contributed by atoms with E-state index in [1.807, 2.05) is 34.1 Å². The number of carboxylic acids is 2. The first-order valence-corrected chi connectivity index (χ1v) is 12.2. The van der Waals surface area contributed by atoms with Crippen LogP contribution >= 0.6 is 0 Å².